The molecule has 0 saturated carbocycles. The van der Waals surface area contributed by atoms with Crippen LogP contribution in [-0.4, -0.2) is 35.5 Å². The van der Waals surface area contributed by atoms with Gasteiger partial charge in [0.15, 0.2) is 6.29 Å². The second kappa shape index (κ2) is 6.89. The fraction of sp³-hybridized carbons (Fsp3) is 0.429. The number of fused-ring (bicyclic) bond motifs is 1. The summed E-state index contributed by atoms with van der Waals surface area (Å²) in [5, 5.41) is 0. The first-order valence-corrected chi connectivity index (χ1v) is 6.49. The second-order valence-electron chi connectivity index (χ2n) is 4.16. The van der Waals surface area contributed by atoms with Gasteiger partial charge >= 0.3 is 0 Å². The molecule has 5 nitrogen and oxygen atoms in total. The number of imidazole rings is 1. The van der Waals surface area contributed by atoms with Gasteiger partial charge in [-0.3, -0.25) is 9.20 Å². The van der Waals surface area contributed by atoms with E-state index in [1.54, 1.807) is 10.6 Å². The zero-order valence-electron chi connectivity index (χ0n) is 11.0. The van der Waals surface area contributed by atoms with Crippen LogP contribution in [0.25, 0.3) is 5.65 Å². The van der Waals surface area contributed by atoms with Crippen LogP contribution in [0.4, 0.5) is 0 Å². The van der Waals surface area contributed by atoms with E-state index in [0.717, 1.165) is 25.7 Å². The van der Waals surface area contributed by atoms with E-state index >= 15 is 0 Å². The molecule has 0 unspecified atom stereocenters. The van der Waals surface area contributed by atoms with E-state index in [-0.39, 0.29) is 0 Å². The summed E-state index contributed by atoms with van der Waals surface area (Å²) >= 11 is 0. The van der Waals surface area contributed by atoms with Crippen LogP contribution in [0.5, 0.6) is 5.88 Å². The Balaban J connectivity index is 1.94. The SMILES string of the molecule is CCCCOCCOc1nc2ccccn2c1C=O. The molecule has 0 aliphatic rings. The Morgan fingerprint density at radius 1 is 1.32 bits per heavy atom. The zero-order chi connectivity index (χ0) is 13.5. The number of unbranched alkanes of at least 4 members (excludes halogenated alkanes) is 1. The minimum absolute atomic E-state index is 0.361. The number of aldehydes is 1. The first-order chi connectivity index (χ1) is 9.36. The predicted molar refractivity (Wildman–Crippen MR) is 71.8 cm³/mol. The Kier molecular flexibility index (Phi) is 4.92. The lowest BCUT2D eigenvalue weighted by Crippen LogP contribution is -2.08. The molecular weight excluding hydrogens is 244 g/mol. The lowest BCUT2D eigenvalue weighted by atomic mass is 10.4. The zero-order valence-corrected chi connectivity index (χ0v) is 11.0. The lowest BCUT2D eigenvalue weighted by Gasteiger charge is -2.04. The summed E-state index contributed by atoms with van der Waals surface area (Å²) in [7, 11) is 0. The first kappa shape index (κ1) is 13.5. The van der Waals surface area contributed by atoms with E-state index in [0.29, 0.717) is 30.4 Å². The van der Waals surface area contributed by atoms with Gasteiger partial charge in [0.05, 0.1) is 6.61 Å². The van der Waals surface area contributed by atoms with Gasteiger partial charge in [0.25, 0.3) is 0 Å². The average Bonchev–Trinajstić information content (AvgIpc) is 2.80. The molecule has 19 heavy (non-hydrogen) atoms. The molecule has 0 saturated heterocycles. The molecule has 0 aliphatic heterocycles. The summed E-state index contributed by atoms with van der Waals surface area (Å²) in [5.74, 6) is 0.361. The fourth-order valence-electron chi connectivity index (χ4n) is 1.75. The number of pyridine rings is 1. The Morgan fingerprint density at radius 3 is 3.00 bits per heavy atom. The van der Waals surface area contributed by atoms with Crippen molar-refractivity contribution in [2.24, 2.45) is 0 Å². The highest BCUT2D eigenvalue weighted by molar-refractivity contribution is 5.78. The smallest absolute Gasteiger partial charge is 0.243 e. The summed E-state index contributed by atoms with van der Waals surface area (Å²) < 4.78 is 12.6. The van der Waals surface area contributed by atoms with Gasteiger partial charge < -0.3 is 9.47 Å². The van der Waals surface area contributed by atoms with Crippen molar-refractivity contribution < 1.29 is 14.3 Å². The topological polar surface area (TPSA) is 52.8 Å². The van der Waals surface area contributed by atoms with Crippen molar-refractivity contribution in [1.29, 1.82) is 0 Å². The molecule has 0 N–H and O–H groups in total. The molecule has 2 rings (SSSR count). The van der Waals surface area contributed by atoms with Gasteiger partial charge in [0.1, 0.15) is 17.9 Å². The Morgan fingerprint density at radius 2 is 2.21 bits per heavy atom. The summed E-state index contributed by atoms with van der Waals surface area (Å²) in [4.78, 5) is 15.4. The summed E-state index contributed by atoms with van der Waals surface area (Å²) in [6.45, 7) is 3.76. The third kappa shape index (κ3) is 3.32. The maximum absolute atomic E-state index is 11.1. The Labute approximate surface area is 112 Å². The molecule has 2 heterocycles. The second-order valence-corrected chi connectivity index (χ2v) is 4.16. The lowest BCUT2D eigenvalue weighted by molar-refractivity contribution is 0.0954. The average molecular weight is 262 g/mol. The van der Waals surface area contributed by atoms with Gasteiger partial charge in [-0.2, -0.15) is 4.98 Å². The highest BCUT2D eigenvalue weighted by atomic mass is 16.5. The van der Waals surface area contributed by atoms with Crippen LogP contribution in [0.3, 0.4) is 0 Å². The van der Waals surface area contributed by atoms with E-state index in [4.69, 9.17) is 9.47 Å². The fourth-order valence-corrected chi connectivity index (χ4v) is 1.75. The highest BCUT2D eigenvalue weighted by Gasteiger charge is 2.11. The number of hydrogen-bond acceptors (Lipinski definition) is 4. The third-order valence-electron chi connectivity index (χ3n) is 2.75. The molecule has 2 aromatic rings. The summed E-state index contributed by atoms with van der Waals surface area (Å²) in [6.07, 6.45) is 4.71. The largest absolute Gasteiger partial charge is 0.474 e. The molecule has 102 valence electrons. The Hall–Kier alpha value is -1.88. The number of nitrogens with zero attached hydrogens (tertiary/aromatic N) is 2. The number of ether oxygens (including phenoxy) is 2. The Bertz CT molecular complexity index is 536. The van der Waals surface area contributed by atoms with Crippen LogP contribution >= 0.6 is 0 Å². The van der Waals surface area contributed by atoms with Crippen molar-refractivity contribution in [3.63, 3.8) is 0 Å². The van der Waals surface area contributed by atoms with Crippen LogP contribution in [0.15, 0.2) is 24.4 Å². The van der Waals surface area contributed by atoms with Crippen molar-refractivity contribution >= 4 is 11.9 Å². The number of carbonyl (C=O) groups is 1. The molecule has 5 heteroatoms. The van der Waals surface area contributed by atoms with Crippen LogP contribution in [0.1, 0.15) is 30.3 Å². The molecular formula is C14H18N2O3. The van der Waals surface area contributed by atoms with Crippen molar-refractivity contribution in [3.05, 3.63) is 30.1 Å². The van der Waals surface area contributed by atoms with Gasteiger partial charge in [-0.25, -0.2) is 0 Å². The molecule has 0 amide bonds. The minimum atomic E-state index is 0.361. The molecule has 0 spiro atoms. The minimum Gasteiger partial charge on any atom is -0.474 e. The van der Waals surface area contributed by atoms with E-state index < -0.39 is 0 Å². The van der Waals surface area contributed by atoms with Gasteiger partial charge in [-0.15, -0.1) is 0 Å². The summed E-state index contributed by atoms with van der Waals surface area (Å²) in [5.41, 5.74) is 1.13. The van der Waals surface area contributed by atoms with E-state index in [2.05, 4.69) is 11.9 Å². The number of rotatable bonds is 8. The van der Waals surface area contributed by atoms with Gasteiger partial charge in [-0.1, -0.05) is 19.4 Å². The van der Waals surface area contributed by atoms with Gasteiger partial charge in [-0.05, 0) is 18.6 Å². The maximum Gasteiger partial charge on any atom is 0.243 e. The van der Waals surface area contributed by atoms with Crippen molar-refractivity contribution in [2.45, 2.75) is 19.8 Å². The highest BCUT2D eigenvalue weighted by Crippen LogP contribution is 2.17. The standard InChI is InChI=1S/C14H18N2O3/c1-2-3-8-18-9-10-19-14-12(11-17)16-7-5-4-6-13(16)15-14/h4-7,11H,2-3,8-10H2,1H3. The first-order valence-electron chi connectivity index (χ1n) is 6.49. The molecule has 0 fully saturated rings. The molecule has 2 aromatic heterocycles. The molecule has 0 aliphatic carbocycles. The van der Waals surface area contributed by atoms with Gasteiger partial charge in [0, 0.05) is 12.8 Å². The molecule has 0 atom stereocenters. The van der Waals surface area contributed by atoms with Crippen molar-refractivity contribution in [3.8, 4) is 5.88 Å². The van der Waals surface area contributed by atoms with E-state index in [9.17, 15) is 4.79 Å². The number of carbonyl (C=O) groups excluding carboxylic acids is 1. The molecule has 0 radical (unpaired) electrons. The summed E-state index contributed by atoms with van der Waals surface area (Å²) in [6, 6.07) is 5.55. The van der Waals surface area contributed by atoms with Crippen molar-refractivity contribution in [2.75, 3.05) is 19.8 Å². The quantitative estimate of drug-likeness (QED) is 0.541. The third-order valence-corrected chi connectivity index (χ3v) is 2.75. The van der Waals surface area contributed by atoms with Crippen LogP contribution in [-0.2, 0) is 4.74 Å². The predicted octanol–water partition coefficient (Wildman–Crippen LogP) is 2.34. The van der Waals surface area contributed by atoms with E-state index in [1.165, 1.54) is 0 Å². The van der Waals surface area contributed by atoms with Crippen LogP contribution in [0.2, 0.25) is 0 Å². The van der Waals surface area contributed by atoms with Gasteiger partial charge in [0.2, 0.25) is 5.88 Å². The van der Waals surface area contributed by atoms with E-state index in [1.807, 2.05) is 18.2 Å². The monoisotopic (exact) mass is 262 g/mol. The van der Waals surface area contributed by atoms with Crippen LogP contribution in [0, 0.1) is 0 Å². The number of hydrogen-bond donors (Lipinski definition) is 0. The van der Waals surface area contributed by atoms with Crippen molar-refractivity contribution in [1.82, 2.24) is 9.38 Å². The normalized spacial score (nSPS) is 10.8. The number of aromatic nitrogens is 2. The van der Waals surface area contributed by atoms with Crippen LogP contribution < -0.4 is 4.74 Å². The molecule has 0 bridgehead atoms. The molecule has 0 aromatic carbocycles. The maximum atomic E-state index is 11.1.